The largest absolute Gasteiger partial charge is 0.303 e. The zero-order valence-electron chi connectivity index (χ0n) is 11.7. The first kappa shape index (κ1) is 13.8. The van der Waals surface area contributed by atoms with Gasteiger partial charge in [-0.05, 0) is 31.5 Å². The molecule has 20 heavy (non-hydrogen) atoms. The smallest absolute Gasteiger partial charge is 0.269 e. The van der Waals surface area contributed by atoms with Crippen LogP contribution in [0.4, 0.5) is 0 Å². The van der Waals surface area contributed by atoms with Crippen LogP contribution in [0.5, 0.6) is 0 Å². The van der Waals surface area contributed by atoms with Crippen LogP contribution in [-0.2, 0) is 6.54 Å². The summed E-state index contributed by atoms with van der Waals surface area (Å²) < 4.78 is 1.59. The molecule has 0 saturated heterocycles. The van der Waals surface area contributed by atoms with Crippen LogP contribution in [0.3, 0.4) is 0 Å². The van der Waals surface area contributed by atoms with Gasteiger partial charge in [0.15, 0.2) is 0 Å². The van der Waals surface area contributed by atoms with Crippen molar-refractivity contribution in [1.82, 2.24) is 4.57 Å². The zero-order valence-corrected chi connectivity index (χ0v) is 11.7. The number of benzene rings is 1. The van der Waals surface area contributed by atoms with Crippen molar-refractivity contribution in [3.63, 3.8) is 0 Å². The first-order chi connectivity index (χ1) is 9.58. The minimum Gasteiger partial charge on any atom is -0.303 e. The molecule has 1 aromatic carbocycles. The molecule has 0 bridgehead atoms. The molecule has 0 atom stereocenters. The van der Waals surface area contributed by atoms with Gasteiger partial charge in [0.1, 0.15) is 11.6 Å². The van der Waals surface area contributed by atoms with Gasteiger partial charge in [0.25, 0.3) is 5.56 Å². The summed E-state index contributed by atoms with van der Waals surface area (Å²) in [6, 6.07) is 11.4. The van der Waals surface area contributed by atoms with E-state index in [0.29, 0.717) is 6.54 Å². The minimum absolute atomic E-state index is 0.153. The van der Waals surface area contributed by atoms with Crippen molar-refractivity contribution >= 4 is 0 Å². The standard InChI is InChI=1S/C17H16N2O/c1-4-9-19-16(8-6-14(11-18)17(19)20)15-7-5-12(2)10-13(15)3/h4-8,10H,1,9H2,2-3H3. The quantitative estimate of drug-likeness (QED) is 0.799. The predicted molar refractivity (Wildman–Crippen MR) is 80.5 cm³/mol. The lowest BCUT2D eigenvalue weighted by Crippen LogP contribution is -2.23. The maximum atomic E-state index is 12.3. The lowest BCUT2D eigenvalue weighted by atomic mass is 10.0. The van der Waals surface area contributed by atoms with Crippen LogP contribution in [0.15, 0.2) is 47.8 Å². The van der Waals surface area contributed by atoms with E-state index in [9.17, 15) is 4.79 Å². The van der Waals surface area contributed by atoms with E-state index in [-0.39, 0.29) is 11.1 Å². The van der Waals surface area contributed by atoms with Crippen LogP contribution in [0, 0.1) is 25.2 Å². The van der Waals surface area contributed by atoms with Crippen molar-refractivity contribution in [2.75, 3.05) is 0 Å². The first-order valence-corrected chi connectivity index (χ1v) is 6.41. The van der Waals surface area contributed by atoms with Gasteiger partial charge in [0, 0.05) is 12.1 Å². The van der Waals surface area contributed by atoms with E-state index in [1.807, 2.05) is 38.1 Å². The summed E-state index contributed by atoms with van der Waals surface area (Å²) in [5.74, 6) is 0. The molecule has 1 aromatic heterocycles. The lowest BCUT2D eigenvalue weighted by Gasteiger charge is -2.14. The van der Waals surface area contributed by atoms with Gasteiger partial charge >= 0.3 is 0 Å². The van der Waals surface area contributed by atoms with Gasteiger partial charge in [0.05, 0.1) is 5.69 Å². The van der Waals surface area contributed by atoms with Crippen LogP contribution >= 0.6 is 0 Å². The summed E-state index contributed by atoms with van der Waals surface area (Å²) in [5, 5.41) is 8.97. The molecule has 0 aliphatic rings. The molecule has 3 heteroatoms. The van der Waals surface area contributed by atoms with Crippen molar-refractivity contribution in [3.8, 4) is 17.3 Å². The van der Waals surface area contributed by atoms with Crippen molar-refractivity contribution in [1.29, 1.82) is 5.26 Å². The van der Waals surface area contributed by atoms with Gasteiger partial charge in [-0.1, -0.05) is 29.8 Å². The second kappa shape index (κ2) is 5.58. The van der Waals surface area contributed by atoms with E-state index in [1.54, 1.807) is 16.7 Å². The summed E-state index contributed by atoms with van der Waals surface area (Å²) in [5.41, 5.74) is 3.97. The summed E-state index contributed by atoms with van der Waals surface area (Å²) in [6.07, 6.45) is 1.66. The Kier molecular flexibility index (Phi) is 3.86. The fourth-order valence-corrected chi connectivity index (χ4v) is 2.31. The summed E-state index contributed by atoms with van der Waals surface area (Å²) >= 11 is 0. The number of hydrogen-bond donors (Lipinski definition) is 0. The fourth-order valence-electron chi connectivity index (χ4n) is 2.31. The monoisotopic (exact) mass is 264 g/mol. The first-order valence-electron chi connectivity index (χ1n) is 6.41. The fraction of sp³-hybridized carbons (Fsp3) is 0.176. The van der Waals surface area contributed by atoms with E-state index < -0.39 is 0 Å². The number of allylic oxidation sites excluding steroid dienone is 1. The second-order valence-electron chi connectivity index (χ2n) is 4.77. The van der Waals surface area contributed by atoms with Crippen LogP contribution in [0.1, 0.15) is 16.7 Å². The number of nitrogens with zero attached hydrogens (tertiary/aromatic N) is 2. The van der Waals surface area contributed by atoms with Crippen LogP contribution < -0.4 is 5.56 Å². The van der Waals surface area contributed by atoms with Crippen molar-refractivity contribution in [2.24, 2.45) is 0 Å². The zero-order chi connectivity index (χ0) is 14.7. The Balaban J connectivity index is 2.74. The second-order valence-corrected chi connectivity index (χ2v) is 4.77. The number of pyridine rings is 1. The third kappa shape index (κ3) is 2.41. The summed E-state index contributed by atoms with van der Waals surface area (Å²) in [6.45, 7) is 8.12. The maximum absolute atomic E-state index is 12.3. The van der Waals surface area contributed by atoms with Crippen molar-refractivity contribution in [2.45, 2.75) is 20.4 Å². The van der Waals surface area contributed by atoms with Crippen molar-refractivity contribution in [3.05, 3.63) is 70.0 Å². The van der Waals surface area contributed by atoms with Gasteiger partial charge in [-0.3, -0.25) is 4.79 Å². The minimum atomic E-state index is -0.273. The molecule has 0 radical (unpaired) electrons. The van der Waals surface area contributed by atoms with Crippen LogP contribution in [0.25, 0.3) is 11.3 Å². The molecule has 0 saturated carbocycles. The summed E-state index contributed by atoms with van der Waals surface area (Å²) in [4.78, 5) is 12.3. The van der Waals surface area contributed by atoms with E-state index in [2.05, 4.69) is 12.6 Å². The van der Waals surface area contributed by atoms with Gasteiger partial charge < -0.3 is 4.57 Å². The molecule has 0 unspecified atom stereocenters. The Morgan fingerprint density at radius 2 is 2.05 bits per heavy atom. The van der Waals surface area contributed by atoms with Gasteiger partial charge in [-0.15, -0.1) is 6.58 Å². The third-order valence-corrected chi connectivity index (χ3v) is 3.26. The normalized spacial score (nSPS) is 10.1. The number of rotatable bonds is 3. The Labute approximate surface area is 118 Å². The molecule has 0 aliphatic heterocycles. The molecule has 1 heterocycles. The van der Waals surface area contributed by atoms with E-state index in [4.69, 9.17) is 5.26 Å². The highest BCUT2D eigenvalue weighted by Gasteiger charge is 2.11. The van der Waals surface area contributed by atoms with Crippen LogP contribution in [0.2, 0.25) is 0 Å². The molecule has 0 N–H and O–H groups in total. The third-order valence-electron chi connectivity index (χ3n) is 3.26. The Bertz CT molecular complexity index is 764. The molecule has 2 rings (SSSR count). The summed E-state index contributed by atoms with van der Waals surface area (Å²) in [7, 11) is 0. The molecule has 0 aliphatic carbocycles. The SMILES string of the molecule is C=CCn1c(-c2ccc(C)cc2C)ccc(C#N)c1=O. The van der Waals surface area contributed by atoms with Gasteiger partial charge in [-0.25, -0.2) is 0 Å². The predicted octanol–water partition coefficient (Wildman–Crippen LogP) is 3.19. The molecule has 3 nitrogen and oxygen atoms in total. The number of aryl methyl sites for hydroxylation is 2. The van der Waals surface area contributed by atoms with Gasteiger partial charge in [0.2, 0.25) is 0 Å². The Morgan fingerprint density at radius 3 is 2.65 bits per heavy atom. The molecule has 0 amide bonds. The molecular weight excluding hydrogens is 248 g/mol. The molecular formula is C17H16N2O. The number of nitriles is 1. The number of hydrogen-bond acceptors (Lipinski definition) is 2. The lowest BCUT2D eigenvalue weighted by molar-refractivity contribution is 0.786. The molecule has 2 aromatic rings. The van der Waals surface area contributed by atoms with E-state index in [1.165, 1.54) is 5.56 Å². The van der Waals surface area contributed by atoms with Gasteiger partial charge in [-0.2, -0.15) is 5.26 Å². The average molecular weight is 264 g/mol. The van der Waals surface area contributed by atoms with E-state index in [0.717, 1.165) is 16.8 Å². The maximum Gasteiger partial charge on any atom is 0.269 e. The van der Waals surface area contributed by atoms with E-state index >= 15 is 0 Å². The van der Waals surface area contributed by atoms with Crippen molar-refractivity contribution < 1.29 is 0 Å². The molecule has 0 spiro atoms. The highest BCUT2D eigenvalue weighted by Crippen LogP contribution is 2.23. The highest BCUT2D eigenvalue weighted by atomic mass is 16.1. The number of aromatic nitrogens is 1. The topological polar surface area (TPSA) is 45.8 Å². The molecule has 100 valence electrons. The Hall–Kier alpha value is -2.60. The van der Waals surface area contributed by atoms with Crippen LogP contribution in [-0.4, -0.2) is 4.57 Å². The highest BCUT2D eigenvalue weighted by molar-refractivity contribution is 5.65. The Morgan fingerprint density at radius 1 is 1.30 bits per heavy atom. The molecule has 0 fully saturated rings. The average Bonchev–Trinajstić information content (AvgIpc) is 2.42.